The molecule has 2 aliphatic carbocycles. The summed E-state index contributed by atoms with van der Waals surface area (Å²) in [5, 5.41) is 2.49. The smallest absolute Gasteiger partial charge is 0.0540 e. The Bertz CT molecular complexity index is 2680. The molecule has 0 aliphatic heterocycles. The first-order chi connectivity index (χ1) is 26.6. The van der Waals surface area contributed by atoms with Gasteiger partial charge in [-0.3, -0.25) is 0 Å². The van der Waals surface area contributed by atoms with Crippen molar-refractivity contribution < 1.29 is 0 Å². The van der Waals surface area contributed by atoms with E-state index in [4.69, 9.17) is 0 Å². The lowest BCUT2D eigenvalue weighted by atomic mass is 9.82. The molecule has 1 nitrogen and oxygen atoms in total. The number of hydrogen-bond acceptors (Lipinski definition) is 1. The molecule has 0 aromatic heterocycles. The van der Waals surface area contributed by atoms with E-state index in [9.17, 15) is 0 Å². The summed E-state index contributed by atoms with van der Waals surface area (Å²) in [5.74, 6) is 0. The molecule has 0 saturated heterocycles. The van der Waals surface area contributed by atoms with E-state index in [2.05, 4.69) is 195 Å². The van der Waals surface area contributed by atoms with Crippen LogP contribution in [0.3, 0.4) is 0 Å². The largest absolute Gasteiger partial charge is 0.310 e. The Balaban J connectivity index is 1.20. The Kier molecular flexibility index (Phi) is 7.84. The summed E-state index contributed by atoms with van der Waals surface area (Å²) in [6.07, 6.45) is 4.90. The Morgan fingerprint density at radius 3 is 1.96 bits per heavy atom. The van der Waals surface area contributed by atoms with Crippen molar-refractivity contribution in [3.63, 3.8) is 0 Å². The topological polar surface area (TPSA) is 3.24 Å². The third-order valence-corrected chi connectivity index (χ3v) is 12.1. The minimum Gasteiger partial charge on any atom is -0.310 e. The third-order valence-electron chi connectivity index (χ3n) is 12.1. The molecule has 54 heavy (non-hydrogen) atoms. The maximum atomic E-state index is 2.50. The molecule has 8 aromatic carbocycles. The van der Waals surface area contributed by atoms with Gasteiger partial charge in [0.15, 0.2) is 0 Å². The second-order valence-electron chi connectivity index (χ2n) is 15.5. The van der Waals surface area contributed by atoms with Crippen LogP contribution in [-0.4, -0.2) is 0 Å². The fourth-order valence-electron chi connectivity index (χ4n) is 9.40. The zero-order valence-electron chi connectivity index (χ0n) is 31.0. The van der Waals surface area contributed by atoms with E-state index >= 15 is 0 Å². The third kappa shape index (κ3) is 5.30. The molecular formula is C53H43N. The maximum Gasteiger partial charge on any atom is 0.0540 e. The van der Waals surface area contributed by atoms with Crippen molar-refractivity contribution in [3.8, 4) is 44.5 Å². The van der Waals surface area contributed by atoms with Gasteiger partial charge in [0.25, 0.3) is 0 Å². The average Bonchev–Trinajstić information content (AvgIpc) is 3.46. The van der Waals surface area contributed by atoms with Crippen LogP contribution >= 0.6 is 0 Å². The number of rotatable bonds is 6. The van der Waals surface area contributed by atoms with Crippen LogP contribution in [0.4, 0.5) is 17.1 Å². The lowest BCUT2D eigenvalue weighted by molar-refractivity contribution is 0.660. The molecule has 1 heteroatoms. The van der Waals surface area contributed by atoms with E-state index in [1.54, 1.807) is 0 Å². The van der Waals surface area contributed by atoms with Crippen molar-refractivity contribution in [2.24, 2.45) is 0 Å². The van der Waals surface area contributed by atoms with Crippen LogP contribution in [0.2, 0.25) is 0 Å². The zero-order chi connectivity index (χ0) is 36.2. The molecule has 0 amide bonds. The number of fused-ring (bicyclic) bond motifs is 5. The molecule has 0 unspecified atom stereocenters. The number of nitrogens with zero attached hydrogens (tertiary/aromatic N) is 1. The fourth-order valence-corrected chi connectivity index (χ4v) is 9.40. The van der Waals surface area contributed by atoms with E-state index in [0.717, 1.165) is 23.5 Å². The molecule has 0 heterocycles. The lowest BCUT2D eigenvalue weighted by Crippen LogP contribution is -2.17. The second-order valence-corrected chi connectivity index (χ2v) is 15.5. The van der Waals surface area contributed by atoms with Crippen LogP contribution < -0.4 is 4.90 Å². The first kappa shape index (κ1) is 32.5. The van der Waals surface area contributed by atoms with Crippen molar-refractivity contribution >= 4 is 27.8 Å². The second kappa shape index (κ2) is 13.0. The van der Waals surface area contributed by atoms with Gasteiger partial charge in [-0.05, 0) is 128 Å². The molecule has 0 saturated carbocycles. The van der Waals surface area contributed by atoms with Gasteiger partial charge in [0.1, 0.15) is 0 Å². The summed E-state index contributed by atoms with van der Waals surface area (Å²) in [4.78, 5) is 2.50. The van der Waals surface area contributed by atoms with Crippen molar-refractivity contribution in [1.29, 1.82) is 0 Å². The highest BCUT2D eigenvalue weighted by Gasteiger charge is 2.36. The van der Waals surface area contributed by atoms with Gasteiger partial charge >= 0.3 is 0 Å². The highest BCUT2D eigenvalue weighted by Crippen LogP contribution is 2.52. The van der Waals surface area contributed by atoms with Crippen molar-refractivity contribution in [1.82, 2.24) is 0 Å². The van der Waals surface area contributed by atoms with Gasteiger partial charge in [-0.25, -0.2) is 0 Å². The quantitative estimate of drug-likeness (QED) is 0.168. The lowest BCUT2D eigenvalue weighted by Gasteiger charge is -2.30. The van der Waals surface area contributed by atoms with Crippen LogP contribution in [-0.2, 0) is 18.3 Å². The van der Waals surface area contributed by atoms with Gasteiger partial charge in [-0.15, -0.1) is 0 Å². The Morgan fingerprint density at radius 2 is 1.09 bits per heavy atom. The number of para-hydroxylation sites is 1. The molecule has 8 aromatic rings. The fraction of sp³-hybridized carbons (Fsp3) is 0.132. The number of aryl methyl sites for hydroxylation is 1. The Morgan fingerprint density at radius 1 is 0.444 bits per heavy atom. The summed E-state index contributed by atoms with van der Waals surface area (Å²) in [6, 6.07) is 65.5. The first-order valence-electron chi connectivity index (χ1n) is 19.5. The average molecular weight is 694 g/mol. The molecule has 0 radical (unpaired) electrons. The molecule has 0 bridgehead atoms. The Hall–Kier alpha value is -6.18. The SMILES string of the molecule is CC1(C)c2ccccc2-c2ccc(N(c3ccc(-c4cccc5c4CCCC5)cc3)c3ccccc3-c3c(-c4ccccc4)ccc4ccccc34)cc21. The summed E-state index contributed by atoms with van der Waals surface area (Å²) >= 11 is 0. The van der Waals surface area contributed by atoms with Crippen LogP contribution in [0.5, 0.6) is 0 Å². The summed E-state index contributed by atoms with van der Waals surface area (Å²) < 4.78 is 0. The monoisotopic (exact) mass is 693 g/mol. The minimum absolute atomic E-state index is 0.112. The highest BCUT2D eigenvalue weighted by atomic mass is 15.1. The molecule has 10 rings (SSSR count). The van der Waals surface area contributed by atoms with Gasteiger partial charge in [-0.2, -0.15) is 0 Å². The highest BCUT2D eigenvalue weighted by molar-refractivity contribution is 6.07. The molecular weight excluding hydrogens is 651 g/mol. The predicted molar refractivity (Wildman–Crippen MR) is 229 cm³/mol. The van der Waals surface area contributed by atoms with Crippen LogP contribution in [0.25, 0.3) is 55.3 Å². The molecule has 0 spiro atoms. The van der Waals surface area contributed by atoms with Gasteiger partial charge in [0.2, 0.25) is 0 Å². The van der Waals surface area contributed by atoms with E-state index in [1.165, 1.54) is 96.8 Å². The van der Waals surface area contributed by atoms with Crippen molar-refractivity contribution in [3.05, 3.63) is 198 Å². The number of benzene rings is 8. The van der Waals surface area contributed by atoms with Crippen molar-refractivity contribution in [2.75, 3.05) is 4.90 Å². The molecule has 260 valence electrons. The van der Waals surface area contributed by atoms with E-state index < -0.39 is 0 Å². The predicted octanol–water partition coefficient (Wildman–Crippen LogP) is 14.5. The minimum atomic E-state index is -0.112. The van der Waals surface area contributed by atoms with Gasteiger partial charge in [0.05, 0.1) is 5.69 Å². The maximum absolute atomic E-state index is 2.50. The zero-order valence-corrected chi connectivity index (χ0v) is 31.0. The first-order valence-corrected chi connectivity index (χ1v) is 19.5. The van der Waals surface area contributed by atoms with Crippen LogP contribution in [0, 0.1) is 0 Å². The number of anilines is 3. The van der Waals surface area contributed by atoms with Gasteiger partial charge in [0, 0.05) is 22.4 Å². The molecule has 0 atom stereocenters. The normalized spacial score (nSPS) is 14.0. The number of hydrogen-bond donors (Lipinski definition) is 0. The van der Waals surface area contributed by atoms with E-state index in [-0.39, 0.29) is 5.41 Å². The molecule has 0 fully saturated rings. The summed E-state index contributed by atoms with van der Waals surface area (Å²) in [6.45, 7) is 4.74. The van der Waals surface area contributed by atoms with Crippen LogP contribution in [0.1, 0.15) is 48.9 Å². The van der Waals surface area contributed by atoms with E-state index in [0.29, 0.717) is 0 Å². The molecule has 0 N–H and O–H groups in total. The van der Waals surface area contributed by atoms with Gasteiger partial charge < -0.3 is 4.90 Å². The standard InChI is InChI=1S/C53H43N/c1-53(2)49-25-12-10-22-46(49)47-34-32-41(35-50(47)53)54(40-30-27-39(28-31-40)43-24-14-19-36-17-6-8-20-42(36)43)51-26-13-11-23-48(51)52-44-21-9-7-18-38(44)29-33-45(52)37-15-4-3-5-16-37/h3-5,7,9-16,18-19,21-35H,6,8,17,20H2,1-2H3. The summed E-state index contributed by atoms with van der Waals surface area (Å²) in [7, 11) is 0. The van der Waals surface area contributed by atoms with Crippen LogP contribution in [0.15, 0.2) is 176 Å². The Labute approximate surface area is 319 Å². The van der Waals surface area contributed by atoms with Gasteiger partial charge in [-0.1, -0.05) is 159 Å². The van der Waals surface area contributed by atoms with E-state index in [1.807, 2.05) is 0 Å². The van der Waals surface area contributed by atoms with Crippen molar-refractivity contribution in [2.45, 2.75) is 44.9 Å². The molecule has 2 aliphatic rings. The summed E-state index contributed by atoms with van der Waals surface area (Å²) in [5.41, 5.74) is 19.4.